The van der Waals surface area contributed by atoms with Gasteiger partial charge in [0, 0.05) is 19.2 Å². The predicted octanol–water partition coefficient (Wildman–Crippen LogP) is 3.19. The maximum Gasteiger partial charge on any atom is 0.276 e. The number of nitro groups is 1. The molecule has 0 bridgehead atoms. The maximum atomic E-state index is 13.5. The minimum atomic E-state index is -1.38. The molecule has 1 heterocycles. The fourth-order valence-corrected chi connectivity index (χ4v) is 1.60. The van der Waals surface area contributed by atoms with Crippen LogP contribution in [0.5, 0.6) is 0 Å². The Balaban J connectivity index is 2.44. The predicted molar refractivity (Wildman–Crippen MR) is 70.0 cm³/mol. The summed E-state index contributed by atoms with van der Waals surface area (Å²) in [6.45, 7) is 0. The van der Waals surface area contributed by atoms with Gasteiger partial charge in [-0.2, -0.15) is 0 Å². The van der Waals surface area contributed by atoms with Gasteiger partial charge in [0.2, 0.25) is 0 Å². The minimum Gasteiger partial charge on any atom is -0.373 e. The third-order valence-corrected chi connectivity index (χ3v) is 2.53. The van der Waals surface area contributed by atoms with Crippen molar-refractivity contribution in [3.05, 3.63) is 51.8 Å². The first-order valence-electron chi connectivity index (χ1n) is 5.66. The van der Waals surface area contributed by atoms with Crippen LogP contribution in [0.1, 0.15) is 0 Å². The van der Waals surface area contributed by atoms with Crippen molar-refractivity contribution in [3.8, 4) is 0 Å². The van der Waals surface area contributed by atoms with Crippen LogP contribution in [-0.2, 0) is 0 Å². The largest absolute Gasteiger partial charge is 0.373 e. The molecule has 0 saturated carbocycles. The number of anilines is 3. The van der Waals surface area contributed by atoms with E-state index < -0.39 is 28.1 Å². The number of hydrogen-bond acceptors (Lipinski definition) is 5. The molecule has 0 aliphatic carbocycles. The molecule has 0 spiro atoms. The number of hydrogen-bond donors (Lipinski definition) is 2. The average molecular weight is 298 g/mol. The molecule has 21 heavy (non-hydrogen) atoms. The van der Waals surface area contributed by atoms with Crippen molar-refractivity contribution in [1.82, 2.24) is 4.98 Å². The standard InChI is InChI=1S/C12H9F3N4O2/c1-16-10-4-7(19(20)21)5-11(18-10)17-9-3-6(13)2-8(14)12(9)15/h2-5H,1H3,(H2,16,17,18). The number of benzene rings is 1. The molecule has 0 aliphatic rings. The molecule has 0 radical (unpaired) electrons. The van der Waals surface area contributed by atoms with E-state index in [9.17, 15) is 23.3 Å². The van der Waals surface area contributed by atoms with E-state index in [-0.39, 0.29) is 17.3 Å². The first-order chi connectivity index (χ1) is 9.90. The summed E-state index contributed by atoms with van der Waals surface area (Å²) in [5.41, 5.74) is -0.823. The fraction of sp³-hybridized carbons (Fsp3) is 0.0833. The molecule has 2 aromatic rings. The summed E-state index contributed by atoms with van der Waals surface area (Å²) in [5, 5.41) is 15.7. The zero-order valence-corrected chi connectivity index (χ0v) is 10.7. The number of aromatic nitrogens is 1. The molecule has 0 unspecified atom stereocenters. The minimum absolute atomic E-state index is 0.127. The quantitative estimate of drug-likeness (QED) is 0.515. The molecule has 0 aliphatic heterocycles. The summed E-state index contributed by atoms with van der Waals surface area (Å²) in [5.74, 6) is -3.66. The highest BCUT2D eigenvalue weighted by Crippen LogP contribution is 2.26. The number of pyridine rings is 1. The van der Waals surface area contributed by atoms with Crippen molar-refractivity contribution in [2.75, 3.05) is 17.7 Å². The number of nitrogens with one attached hydrogen (secondary N) is 2. The van der Waals surface area contributed by atoms with Crippen LogP contribution in [0.15, 0.2) is 24.3 Å². The average Bonchev–Trinajstić information content (AvgIpc) is 2.43. The van der Waals surface area contributed by atoms with Gasteiger partial charge in [-0.25, -0.2) is 18.2 Å². The van der Waals surface area contributed by atoms with Crippen LogP contribution < -0.4 is 10.6 Å². The second-order valence-electron chi connectivity index (χ2n) is 3.98. The third kappa shape index (κ3) is 3.19. The lowest BCUT2D eigenvalue weighted by atomic mass is 10.2. The zero-order valence-electron chi connectivity index (χ0n) is 10.7. The molecular weight excluding hydrogens is 289 g/mol. The molecule has 0 atom stereocenters. The Morgan fingerprint density at radius 3 is 2.43 bits per heavy atom. The molecule has 6 nitrogen and oxygen atoms in total. The van der Waals surface area contributed by atoms with Crippen LogP contribution in [0.25, 0.3) is 0 Å². The monoisotopic (exact) mass is 298 g/mol. The van der Waals surface area contributed by atoms with Gasteiger partial charge < -0.3 is 10.6 Å². The highest BCUT2D eigenvalue weighted by molar-refractivity contribution is 5.62. The van der Waals surface area contributed by atoms with E-state index in [1.54, 1.807) is 0 Å². The van der Waals surface area contributed by atoms with Crippen LogP contribution in [0.4, 0.5) is 36.2 Å². The summed E-state index contributed by atoms with van der Waals surface area (Å²) in [4.78, 5) is 14.0. The molecule has 1 aromatic carbocycles. The highest BCUT2D eigenvalue weighted by atomic mass is 19.2. The van der Waals surface area contributed by atoms with E-state index in [1.807, 2.05) is 0 Å². The van der Waals surface area contributed by atoms with Gasteiger partial charge in [-0.15, -0.1) is 0 Å². The van der Waals surface area contributed by atoms with Crippen molar-refractivity contribution < 1.29 is 18.1 Å². The molecule has 2 N–H and O–H groups in total. The normalized spacial score (nSPS) is 10.3. The molecule has 2 rings (SSSR count). The zero-order chi connectivity index (χ0) is 15.6. The van der Waals surface area contributed by atoms with Crippen LogP contribution in [0.2, 0.25) is 0 Å². The smallest absolute Gasteiger partial charge is 0.276 e. The van der Waals surface area contributed by atoms with Crippen LogP contribution >= 0.6 is 0 Å². The summed E-state index contributed by atoms with van der Waals surface area (Å²) < 4.78 is 39.7. The lowest BCUT2D eigenvalue weighted by molar-refractivity contribution is -0.384. The van der Waals surface area contributed by atoms with Gasteiger partial charge in [0.1, 0.15) is 17.5 Å². The van der Waals surface area contributed by atoms with Gasteiger partial charge in [-0.3, -0.25) is 10.1 Å². The van der Waals surface area contributed by atoms with Crippen LogP contribution in [0, 0.1) is 27.6 Å². The third-order valence-electron chi connectivity index (χ3n) is 2.53. The van der Waals surface area contributed by atoms with Crippen molar-refractivity contribution >= 4 is 23.0 Å². The summed E-state index contributed by atoms with van der Waals surface area (Å²) >= 11 is 0. The van der Waals surface area contributed by atoms with Crippen molar-refractivity contribution in [2.24, 2.45) is 0 Å². The number of halogens is 3. The van der Waals surface area contributed by atoms with Gasteiger partial charge in [-0.05, 0) is 0 Å². The summed E-state index contributed by atoms with van der Waals surface area (Å²) in [7, 11) is 1.48. The van der Waals surface area contributed by atoms with Gasteiger partial charge in [0.15, 0.2) is 11.6 Å². The fourth-order valence-electron chi connectivity index (χ4n) is 1.60. The van der Waals surface area contributed by atoms with Crippen LogP contribution in [0.3, 0.4) is 0 Å². The molecule has 110 valence electrons. The molecule has 0 amide bonds. The second-order valence-corrected chi connectivity index (χ2v) is 3.98. The molecule has 0 saturated heterocycles. The van der Waals surface area contributed by atoms with Crippen molar-refractivity contribution in [2.45, 2.75) is 0 Å². The molecule has 0 fully saturated rings. The van der Waals surface area contributed by atoms with Crippen molar-refractivity contribution in [3.63, 3.8) is 0 Å². The Bertz CT molecular complexity index is 709. The highest BCUT2D eigenvalue weighted by Gasteiger charge is 2.15. The maximum absolute atomic E-state index is 13.5. The Hall–Kier alpha value is -2.84. The van der Waals surface area contributed by atoms with Crippen molar-refractivity contribution in [1.29, 1.82) is 0 Å². The van der Waals surface area contributed by atoms with E-state index in [0.29, 0.717) is 6.07 Å². The first kappa shape index (κ1) is 14.6. The Labute approximate surface area is 116 Å². The van der Waals surface area contributed by atoms with E-state index in [4.69, 9.17) is 0 Å². The molecule has 9 heteroatoms. The second kappa shape index (κ2) is 5.65. The van der Waals surface area contributed by atoms with E-state index in [2.05, 4.69) is 15.6 Å². The topological polar surface area (TPSA) is 80.1 Å². The van der Waals surface area contributed by atoms with Gasteiger partial charge in [-0.1, -0.05) is 0 Å². The Morgan fingerprint density at radius 2 is 1.81 bits per heavy atom. The summed E-state index contributed by atoms with van der Waals surface area (Å²) in [6, 6.07) is 3.29. The lowest BCUT2D eigenvalue weighted by Gasteiger charge is -2.09. The lowest BCUT2D eigenvalue weighted by Crippen LogP contribution is -2.03. The molecular formula is C12H9F3N4O2. The summed E-state index contributed by atoms with van der Waals surface area (Å²) in [6.07, 6.45) is 0. The van der Waals surface area contributed by atoms with E-state index in [0.717, 1.165) is 18.2 Å². The molecule has 1 aromatic heterocycles. The van der Waals surface area contributed by atoms with Crippen LogP contribution in [-0.4, -0.2) is 17.0 Å². The number of nitrogens with zero attached hydrogens (tertiary/aromatic N) is 2. The van der Waals surface area contributed by atoms with E-state index in [1.165, 1.54) is 7.05 Å². The van der Waals surface area contributed by atoms with Gasteiger partial charge in [0.25, 0.3) is 5.69 Å². The van der Waals surface area contributed by atoms with E-state index >= 15 is 0 Å². The Kier molecular flexibility index (Phi) is 3.92. The first-order valence-corrected chi connectivity index (χ1v) is 5.66. The van der Waals surface area contributed by atoms with Gasteiger partial charge >= 0.3 is 0 Å². The van der Waals surface area contributed by atoms with Gasteiger partial charge in [0.05, 0.1) is 22.7 Å². The number of rotatable bonds is 4. The SMILES string of the molecule is CNc1cc([N+](=O)[O-])cc(Nc2cc(F)cc(F)c2F)n1. The Morgan fingerprint density at radius 1 is 1.14 bits per heavy atom.